The van der Waals surface area contributed by atoms with Crippen LogP contribution in [0.5, 0.6) is 0 Å². The Morgan fingerprint density at radius 3 is 2.92 bits per heavy atom. The molecule has 24 heavy (non-hydrogen) atoms. The second-order valence-electron chi connectivity index (χ2n) is 6.18. The van der Waals surface area contributed by atoms with Gasteiger partial charge < -0.3 is 19.9 Å². The maximum atomic E-state index is 12.5. The molecule has 7 nitrogen and oxygen atoms in total. The summed E-state index contributed by atoms with van der Waals surface area (Å²) >= 11 is 0. The largest absolute Gasteiger partial charge is 0.376 e. The van der Waals surface area contributed by atoms with Gasteiger partial charge in [-0.1, -0.05) is 6.08 Å². The second kappa shape index (κ2) is 7.61. The van der Waals surface area contributed by atoms with E-state index in [2.05, 4.69) is 22.2 Å². The lowest BCUT2D eigenvalue weighted by atomic mass is 10.1. The lowest BCUT2D eigenvalue weighted by Crippen LogP contribution is -2.34. The van der Waals surface area contributed by atoms with Gasteiger partial charge in [-0.05, 0) is 32.1 Å². The highest BCUT2D eigenvalue weighted by atomic mass is 16.5. The number of nitrogens with one attached hydrogen (secondary N) is 2. The summed E-state index contributed by atoms with van der Waals surface area (Å²) in [5, 5.41) is 5.63. The SMILES string of the molecule is C=CCNC(=O)c1nc(C(=O)NCC2CCCO2)n2c1CCCC2. The van der Waals surface area contributed by atoms with Crippen LogP contribution in [0.2, 0.25) is 0 Å². The van der Waals surface area contributed by atoms with Gasteiger partial charge in [-0.3, -0.25) is 9.59 Å². The molecule has 0 bridgehead atoms. The Morgan fingerprint density at radius 2 is 2.17 bits per heavy atom. The quantitative estimate of drug-likeness (QED) is 0.763. The van der Waals surface area contributed by atoms with E-state index in [0.29, 0.717) is 24.6 Å². The average Bonchev–Trinajstić information content (AvgIpc) is 3.25. The first-order valence-electron chi connectivity index (χ1n) is 8.59. The molecule has 3 heterocycles. The summed E-state index contributed by atoms with van der Waals surface area (Å²) in [7, 11) is 0. The molecule has 1 atom stereocenters. The summed E-state index contributed by atoms with van der Waals surface area (Å²) in [6.45, 7) is 5.94. The zero-order valence-electron chi connectivity index (χ0n) is 13.8. The van der Waals surface area contributed by atoms with E-state index >= 15 is 0 Å². The molecule has 0 aromatic carbocycles. The molecule has 1 saturated heterocycles. The second-order valence-corrected chi connectivity index (χ2v) is 6.18. The molecule has 7 heteroatoms. The highest BCUT2D eigenvalue weighted by molar-refractivity contribution is 5.97. The fourth-order valence-corrected chi connectivity index (χ4v) is 3.24. The molecule has 1 aromatic rings. The Morgan fingerprint density at radius 1 is 1.29 bits per heavy atom. The standard InChI is InChI=1S/C17H24N4O3/c1-2-8-18-16(22)14-13-7-3-4-9-21(13)15(20-14)17(23)19-11-12-6-5-10-24-12/h2,12H,1,3-11H2,(H,18,22)(H,19,23). The molecule has 0 aliphatic carbocycles. The van der Waals surface area contributed by atoms with Gasteiger partial charge in [0.05, 0.1) is 11.8 Å². The molecule has 2 amide bonds. The number of carbonyl (C=O) groups excluding carboxylic acids is 2. The number of imidazole rings is 1. The maximum Gasteiger partial charge on any atom is 0.287 e. The van der Waals surface area contributed by atoms with E-state index < -0.39 is 0 Å². The van der Waals surface area contributed by atoms with Gasteiger partial charge in [-0.15, -0.1) is 6.58 Å². The Labute approximate surface area is 141 Å². The van der Waals surface area contributed by atoms with E-state index in [-0.39, 0.29) is 17.9 Å². The predicted molar refractivity (Wildman–Crippen MR) is 89.0 cm³/mol. The third kappa shape index (κ3) is 3.51. The number of hydrogen-bond acceptors (Lipinski definition) is 4. The van der Waals surface area contributed by atoms with E-state index in [1.807, 2.05) is 4.57 Å². The zero-order chi connectivity index (χ0) is 16.9. The predicted octanol–water partition coefficient (Wildman–Crippen LogP) is 1.04. The van der Waals surface area contributed by atoms with Crippen molar-refractivity contribution in [3.05, 3.63) is 29.9 Å². The minimum Gasteiger partial charge on any atom is -0.376 e. The molecular weight excluding hydrogens is 308 g/mol. The van der Waals surface area contributed by atoms with Gasteiger partial charge in [-0.2, -0.15) is 0 Å². The fourth-order valence-electron chi connectivity index (χ4n) is 3.24. The smallest absolute Gasteiger partial charge is 0.287 e. The van der Waals surface area contributed by atoms with Crippen LogP contribution in [0.25, 0.3) is 0 Å². The van der Waals surface area contributed by atoms with Crippen LogP contribution in [0.4, 0.5) is 0 Å². The summed E-state index contributed by atoms with van der Waals surface area (Å²) in [6, 6.07) is 0. The highest BCUT2D eigenvalue weighted by Gasteiger charge is 2.27. The minimum absolute atomic E-state index is 0.0834. The van der Waals surface area contributed by atoms with Crippen LogP contribution >= 0.6 is 0 Å². The van der Waals surface area contributed by atoms with E-state index in [1.54, 1.807) is 6.08 Å². The number of hydrogen-bond donors (Lipinski definition) is 2. The van der Waals surface area contributed by atoms with Crippen LogP contribution in [0.3, 0.4) is 0 Å². The van der Waals surface area contributed by atoms with Gasteiger partial charge >= 0.3 is 0 Å². The molecule has 3 rings (SSSR count). The molecule has 2 aliphatic heterocycles. The van der Waals surface area contributed by atoms with Crippen molar-refractivity contribution in [2.45, 2.75) is 44.8 Å². The van der Waals surface area contributed by atoms with Crippen LogP contribution in [-0.2, 0) is 17.7 Å². The first kappa shape index (κ1) is 16.7. The molecule has 1 fully saturated rings. The van der Waals surface area contributed by atoms with Crippen molar-refractivity contribution < 1.29 is 14.3 Å². The van der Waals surface area contributed by atoms with Gasteiger partial charge in [-0.25, -0.2) is 4.98 Å². The molecule has 2 aliphatic rings. The molecule has 2 N–H and O–H groups in total. The van der Waals surface area contributed by atoms with Gasteiger partial charge in [0, 0.05) is 26.2 Å². The van der Waals surface area contributed by atoms with Crippen LogP contribution in [0.15, 0.2) is 12.7 Å². The van der Waals surface area contributed by atoms with E-state index in [0.717, 1.165) is 50.9 Å². The first-order chi connectivity index (χ1) is 11.7. The fraction of sp³-hybridized carbons (Fsp3) is 0.588. The summed E-state index contributed by atoms with van der Waals surface area (Å²) in [6.07, 6.45) is 6.47. The average molecular weight is 332 g/mol. The Kier molecular flexibility index (Phi) is 5.30. The van der Waals surface area contributed by atoms with Crippen molar-refractivity contribution >= 4 is 11.8 Å². The van der Waals surface area contributed by atoms with Crippen molar-refractivity contribution in [1.82, 2.24) is 20.2 Å². The van der Waals surface area contributed by atoms with E-state index in [4.69, 9.17) is 4.74 Å². The molecule has 0 saturated carbocycles. The molecular formula is C17H24N4O3. The van der Waals surface area contributed by atoms with Crippen molar-refractivity contribution in [1.29, 1.82) is 0 Å². The van der Waals surface area contributed by atoms with Gasteiger partial charge in [0.15, 0.2) is 5.82 Å². The maximum absolute atomic E-state index is 12.5. The number of nitrogens with zero attached hydrogens (tertiary/aromatic N) is 2. The van der Waals surface area contributed by atoms with E-state index in [1.165, 1.54) is 0 Å². The van der Waals surface area contributed by atoms with Crippen LogP contribution in [-0.4, -0.2) is 47.2 Å². The van der Waals surface area contributed by atoms with Crippen LogP contribution in [0, 0.1) is 0 Å². The Bertz CT molecular complexity index is 632. The normalized spacial score (nSPS) is 19.6. The highest BCUT2D eigenvalue weighted by Crippen LogP contribution is 2.21. The van der Waals surface area contributed by atoms with Crippen molar-refractivity contribution in [3.63, 3.8) is 0 Å². The molecule has 0 spiro atoms. The third-order valence-electron chi connectivity index (χ3n) is 4.46. The number of ether oxygens (including phenoxy) is 1. The molecule has 1 unspecified atom stereocenters. The first-order valence-corrected chi connectivity index (χ1v) is 8.59. The summed E-state index contributed by atoms with van der Waals surface area (Å²) in [5.41, 5.74) is 1.21. The summed E-state index contributed by atoms with van der Waals surface area (Å²) < 4.78 is 7.41. The number of fused-ring (bicyclic) bond motifs is 1. The van der Waals surface area contributed by atoms with Gasteiger partial charge in [0.2, 0.25) is 0 Å². The summed E-state index contributed by atoms with van der Waals surface area (Å²) in [4.78, 5) is 29.2. The van der Waals surface area contributed by atoms with Crippen molar-refractivity contribution in [3.8, 4) is 0 Å². The lowest BCUT2D eigenvalue weighted by molar-refractivity contribution is 0.0845. The van der Waals surface area contributed by atoms with Crippen molar-refractivity contribution in [2.75, 3.05) is 19.7 Å². The molecule has 1 aromatic heterocycles. The van der Waals surface area contributed by atoms with E-state index in [9.17, 15) is 9.59 Å². The lowest BCUT2D eigenvalue weighted by Gasteiger charge is -2.17. The van der Waals surface area contributed by atoms with Gasteiger partial charge in [0.1, 0.15) is 5.69 Å². The summed E-state index contributed by atoms with van der Waals surface area (Å²) in [5.74, 6) is -0.165. The monoisotopic (exact) mass is 332 g/mol. The van der Waals surface area contributed by atoms with Crippen LogP contribution in [0.1, 0.15) is 52.5 Å². The number of aromatic nitrogens is 2. The van der Waals surface area contributed by atoms with Gasteiger partial charge in [0.25, 0.3) is 11.8 Å². The molecule has 0 radical (unpaired) electrons. The minimum atomic E-state index is -0.251. The Balaban J connectivity index is 1.76. The molecule has 130 valence electrons. The van der Waals surface area contributed by atoms with Crippen LogP contribution < -0.4 is 10.6 Å². The number of rotatable bonds is 6. The number of carbonyl (C=O) groups is 2. The number of amides is 2. The topological polar surface area (TPSA) is 85.2 Å². The zero-order valence-corrected chi connectivity index (χ0v) is 13.8. The van der Waals surface area contributed by atoms with Crippen molar-refractivity contribution in [2.24, 2.45) is 0 Å². The third-order valence-corrected chi connectivity index (χ3v) is 4.46. The Hall–Kier alpha value is -2.15.